The SMILES string of the molecule is C=C(Nc1ncnc2cc(OC)c(N3C(=O)O[C@@H]4CN(C)C[C@@H]43)cc12)/C(F)=C(Cl)\C=C/C. The largest absolute Gasteiger partial charge is 0.494 e. The van der Waals surface area contributed by atoms with Gasteiger partial charge < -0.3 is 19.7 Å². The van der Waals surface area contributed by atoms with Crippen molar-refractivity contribution in [1.82, 2.24) is 14.9 Å². The van der Waals surface area contributed by atoms with Crippen LogP contribution >= 0.6 is 11.6 Å². The molecule has 2 fully saturated rings. The Morgan fingerprint density at radius 2 is 2.19 bits per heavy atom. The fraction of sp³-hybridized carbons (Fsp3) is 0.318. The van der Waals surface area contributed by atoms with Crippen molar-refractivity contribution < 1.29 is 18.7 Å². The van der Waals surface area contributed by atoms with Crippen molar-refractivity contribution >= 4 is 40.1 Å². The van der Waals surface area contributed by atoms with E-state index in [0.717, 1.165) is 0 Å². The summed E-state index contributed by atoms with van der Waals surface area (Å²) in [5.74, 6) is 0.0807. The van der Waals surface area contributed by atoms with Crippen LogP contribution in [0.3, 0.4) is 0 Å². The maximum atomic E-state index is 14.5. The van der Waals surface area contributed by atoms with Gasteiger partial charge in [-0.3, -0.25) is 4.90 Å². The molecule has 0 aliphatic carbocycles. The molecular weight excluding hydrogens is 437 g/mol. The predicted molar refractivity (Wildman–Crippen MR) is 122 cm³/mol. The summed E-state index contributed by atoms with van der Waals surface area (Å²) in [5.41, 5.74) is 1.02. The quantitative estimate of drug-likeness (QED) is 0.648. The van der Waals surface area contributed by atoms with E-state index >= 15 is 0 Å². The number of halogens is 2. The molecule has 0 unspecified atom stereocenters. The Bertz CT molecular complexity index is 1150. The third-order valence-electron chi connectivity index (χ3n) is 5.45. The average molecular weight is 460 g/mol. The number of amides is 1. The van der Waals surface area contributed by atoms with E-state index in [1.807, 2.05) is 7.05 Å². The van der Waals surface area contributed by atoms with Crippen LogP contribution in [0.25, 0.3) is 10.9 Å². The minimum atomic E-state index is -0.704. The number of allylic oxidation sites excluding steroid dienone is 4. The molecule has 0 radical (unpaired) electrons. The summed E-state index contributed by atoms with van der Waals surface area (Å²) in [6.07, 6.45) is 3.74. The smallest absolute Gasteiger partial charge is 0.415 e. The van der Waals surface area contributed by atoms with Gasteiger partial charge in [0.25, 0.3) is 0 Å². The summed E-state index contributed by atoms with van der Waals surface area (Å²) in [6.45, 7) is 6.79. The van der Waals surface area contributed by atoms with E-state index in [-0.39, 0.29) is 22.9 Å². The van der Waals surface area contributed by atoms with Crippen LogP contribution in [0.4, 0.5) is 20.7 Å². The predicted octanol–water partition coefficient (Wildman–Crippen LogP) is 4.20. The molecule has 2 atom stereocenters. The number of likely N-dealkylation sites (N-methyl/N-ethyl adjacent to an activating group) is 1. The number of nitrogens with zero attached hydrogens (tertiary/aromatic N) is 4. The summed E-state index contributed by atoms with van der Waals surface area (Å²) in [5, 5.41) is 3.34. The normalized spacial score (nSPS) is 21.7. The van der Waals surface area contributed by atoms with Crippen LogP contribution in [0.5, 0.6) is 5.75 Å². The third kappa shape index (κ3) is 3.89. The molecule has 10 heteroatoms. The van der Waals surface area contributed by atoms with Gasteiger partial charge in [-0.1, -0.05) is 24.3 Å². The van der Waals surface area contributed by atoms with E-state index in [4.69, 9.17) is 21.1 Å². The third-order valence-corrected chi connectivity index (χ3v) is 5.74. The van der Waals surface area contributed by atoms with Gasteiger partial charge in [0, 0.05) is 24.5 Å². The lowest BCUT2D eigenvalue weighted by atomic mass is 10.1. The first-order valence-electron chi connectivity index (χ1n) is 9.99. The number of aromatic nitrogens is 2. The highest BCUT2D eigenvalue weighted by atomic mass is 35.5. The maximum absolute atomic E-state index is 14.5. The zero-order valence-electron chi connectivity index (χ0n) is 17.9. The van der Waals surface area contributed by atoms with Crippen LogP contribution < -0.4 is 15.0 Å². The van der Waals surface area contributed by atoms with Gasteiger partial charge >= 0.3 is 6.09 Å². The first kappa shape index (κ1) is 22.0. The van der Waals surface area contributed by atoms with E-state index in [9.17, 15) is 9.18 Å². The highest BCUT2D eigenvalue weighted by Gasteiger charge is 2.48. The van der Waals surface area contributed by atoms with Gasteiger partial charge in [0.15, 0.2) is 5.83 Å². The van der Waals surface area contributed by atoms with Crippen molar-refractivity contribution in [3.8, 4) is 5.75 Å². The van der Waals surface area contributed by atoms with Gasteiger partial charge in [0.1, 0.15) is 24.0 Å². The van der Waals surface area contributed by atoms with Crippen LogP contribution in [0, 0.1) is 0 Å². The first-order chi connectivity index (χ1) is 15.3. The molecule has 1 amide bonds. The summed E-state index contributed by atoms with van der Waals surface area (Å²) < 4.78 is 25.7. The van der Waals surface area contributed by atoms with Crippen LogP contribution in [0.2, 0.25) is 0 Å². The number of rotatable bonds is 6. The first-order valence-corrected chi connectivity index (χ1v) is 10.4. The summed E-state index contributed by atoms with van der Waals surface area (Å²) >= 11 is 5.95. The number of anilines is 2. The lowest BCUT2D eigenvalue weighted by molar-refractivity contribution is 0.135. The number of carbonyl (C=O) groups is 1. The fourth-order valence-electron chi connectivity index (χ4n) is 3.99. The molecule has 0 saturated carbocycles. The van der Waals surface area contributed by atoms with Crippen molar-refractivity contribution in [3.63, 3.8) is 0 Å². The number of hydrogen-bond acceptors (Lipinski definition) is 7. The van der Waals surface area contributed by atoms with Crippen LogP contribution in [0.15, 0.2) is 53.7 Å². The van der Waals surface area contributed by atoms with Gasteiger partial charge in [-0.15, -0.1) is 0 Å². The van der Waals surface area contributed by atoms with Gasteiger partial charge in [-0.25, -0.2) is 19.2 Å². The Balaban J connectivity index is 1.77. The Hall–Kier alpha value is -3.17. The minimum Gasteiger partial charge on any atom is -0.494 e. The molecule has 2 aromatic rings. The second-order valence-corrected chi connectivity index (χ2v) is 8.02. The van der Waals surface area contributed by atoms with E-state index in [2.05, 4.69) is 26.8 Å². The maximum Gasteiger partial charge on any atom is 0.415 e. The van der Waals surface area contributed by atoms with E-state index in [0.29, 0.717) is 41.2 Å². The molecule has 0 bridgehead atoms. The highest BCUT2D eigenvalue weighted by molar-refractivity contribution is 6.31. The second-order valence-electron chi connectivity index (χ2n) is 7.61. The zero-order valence-corrected chi connectivity index (χ0v) is 18.7. The fourth-order valence-corrected chi connectivity index (χ4v) is 4.23. The molecule has 8 nitrogen and oxygen atoms in total. The van der Waals surface area contributed by atoms with Crippen molar-refractivity contribution in [1.29, 1.82) is 0 Å². The topological polar surface area (TPSA) is 79.8 Å². The molecule has 3 heterocycles. The Morgan fingerprint density at radius 3 is 2.91 bits per heavy atom. The van der Waals surface area contributed by atoms with Crippen molar-refractivity contribution in [2.75, 3.05) is 37.5 Å². The molecule has 0 spiro atoms. The number of hydrogen-bond donors (Lipinski definition) is 1. The number of benzene rings is 1. The van der Waals surface area contributed by atoms with E-state index in [1.165, 1.54) is 19.5 Å². The number of methoxy groups -OCH3 is 1. The van der Waals surface area contributed by atoms with E-state index < -0.39 is 11.9 Å². The lowest BCUT2D eigenvalue weighted by Gasteiger charge is -2.23. The average Bonchev–Trinajstić information content (AvgIpc) is 3.26. The zero-order chi connectivity index (χ0) is 23.0. The number of nitrogens with one attached hydrogen (secondary N) is 1. The van der Waals surface area contributed by atoms with Gasteiger partial charge in [-0.05, 0) is 26.1 Å². The summed E-state index contributed by atoms with van der Waals surface area (Å²) in [4.78, 5) is 24.9. The van der Waals surface area contributed by atoms with Gasteiger partial charge in [0.2, 0.25) is 0 Å². The molecule has 2 saturated heterocycles. The summed E-state index contributed by atoms with van der Waals surface area (Å²) in [7, 11) is 3.50. The van der Waals surface area contributed by atoms with Gasteiger partial charge in [-0.2, -0.15) is 0 Å². The van der Waals surface area contributed by atoms with Crippen LogP contribution in [-0.4, -0.2) is 60.4 Å². The van der Waals surface area contributed by atoms with Crippen LogP contribution in [0.1, 0.15) is 6.92 Å². The van der Waals surface area contributed by atoms with Crippen LogP contribution in [-0.2, 0) is 4.74 Å². The van der Waals surface area contributed by atoms with Crippen molar-refractivity contribution in [2.24, 2.45) is 0 Å². The number of fused-ring (bicyclic) bond motifs is 2. The minimum absolute atomic E-state index is 0.0523. The van der Waals surface area contributed by atoms with Gasteiger partial charge in [0.05, 0.1) is 35.1 Å². The Morgan fingerprint density at radius 1 is 1.41 bits per heavy atom. The molecule has 4 rings (SSSR count). The standard InChI is InChI=1S/C22H23ClFN5O3/c1-5-6-14(23)20(24)12(2)27-21-13-7-16(18(31-4)8-15(13)25-11-26-21)29-17-9-28(3)10-19(17)32-22(29)30/h5-8,11,17,19H,2,9-10H2,1,3-4H3,(H,25,26,27)/b6-5-,20-14-/t17-,19+/m0/s1. The number of carbonyl (C=O) groups excluding carboxylic acids is 1. The van der Waals surface area contributed by atoms with Crippen molar-refractivity contribution in [3.05, 3.63) is 53.7 Å². The molecule has 1 N–H and O–H groups in total. The Labute approximate surface area is 190 Å². The number of likely N-dealkylation sites (tertiary alicyclic amines) is 1. The molecule has 168 valence electrons. The molecule has 32 heavy (non-hydrogen) atoms. The molecule has 2 aliphatic rings. The molecule has 2 aliphatic heterocycles. The van der Waals surface area contributed by atoms with Crippen molar-refractivity contribution in [2.45, 2.75) is 19.1 Å². The molecule has 1 aromatic heterocycles. The summed E-state index contributed by atoms with van der Waals surface area (Å²) in [6, 6.07) is 3.30. The molecular formula is C22H23ClFN5O3. The molecule has 1 aromatic carbocycles. The highest BCUT2D eigenvalue weighted by Crippen LogP contribution is 2.40. The van der Waals surface area contributed by atoms with E-state index in [1.54, 1.807) is 30.0 Å². The second kappa shape index (κ2) is 8.76. The lowest BCUT2D eigenvalue weighted by Crippen LogP contribution is -2.37. The number of ether oxygens (including phenoxy) is 2. The Kier molecular flexibility index (Phi) is 6.03. The monoisotopic (exact) mass is 459 g/mol.